The van der Waals surface area contributed by atoms with Crippen molar-refractivity contribution in [3.8, 4) is 0 Å². The number of hydrogen-bond donors (Lipinski definition) is 3. The molecular weight excluding hydrogens is 296 g/mol. The van der Waals surface area contributed by atoms with Gasteiger partial charge in [0.25, 0.3) is 0 Å². The molecule has 1 heterocycles. The first-order valence-corrected chi connectivity index (χ1v) is 7.17. The number of nitrogens with zero attached hydrogens (tertiary/aromatic N) is 1. The lowest BCUT2D eigenvalue weighted by Gasteiger charge is -2.12. The number of amides is 3. The molecule has 0 aliphatic heterocycles. The number of nitrogens with one attached hydrogen (secondary N) is 3. The maximum absolute atomic E-state index is 12.0. The minimum absolute atomic E-state index is 0.177. The van der Waals surface area contributed by atoms with Crippen LogP contribution in [0.15, 0.2) is 34.9 Å². The van der Waals surface area contributed by atoms with Crippen molar-refractivity contribution in [1.29, 1.82) is 0 Å². The van der Waals surface area contributed by atoms with Gasteiger partial charge in [-0.2, -0.15) is 0 Å². The molecule has 3 N–H and O–H groups in total. The van der Waals surface area contributed by atoms with Crippen LogP contribution in [0.3, 0.4) is 0 Å². The Morgan fingerprint density at radius 1 is 1.04 bits per heavy atom. The predicted octanol–water partition coefficient (Wildman–Crippen LogP) is 3.57. The van der Waals surface area contributed by atoms with Gasteiger partial charge in [-0.3, -0.25) is 10.1 Å². The Balaban J connectivity index is 1.99. The SMILES string of the molecule is CC(=O)Nc1cccc(NC(=O)Nc2cc(C(C)(C)C)on2)c1. The summed E-state index contributed by atoms with van der Waals surface area (Å²) in [6.07, 6.45) is 0. The minimum atomic E-state index is -0.446. The van der Waals surface area contributed by atoms with E-state index in [0.717, 1.165) is 0 Å². The second-order valence-electron chi connectivity index (χ2n) is 6.17. The van der Waals surface area contributed by atoms with Crippen LogP contribution in [0.4, 0.5) is 22.0 Å². The van der Waals surface area contributed by atoms with Crippen molar-refractivity contribution in [3.05, 3.63) is 36.1 Å². The lowest BCUT2D eigenvalue weighted by atomic mass is 9.93. The zero-order valence-corrected chi connectivity index (χ0v) is 13.6. The van der Waals surface area contributed by atoms with E-state index in [1.807, 2.05) is 20.8 Å². The van der Waals surface area contributed by atoms with Crippen molar-refractivity contribution >= 4 is 29.1 Å². The van der Waals surface area contributed by atoms with Crippen LogP contribution in [0.2, 0.25) is 0 Å². The molecule has 7 heteroatoms. The van der Waals surface area contributed by atoms with Gasteiger partial charge in [0, 0.05) is 29.8 Å². The Labute approximate surface area is 134 Å². The fraction of sp³-hybridized carbons (Fsp3) is 0.312. The third kappa shape index (κ3) is 4.84. The summed E-state index contributed by atoms with van der Waals surface area (Å²) < 4.78 is 5.20. The summed E-state index contributed by atoms with van der Waals surface area (Å²) in [5, 5.41) is 11.7. The number of rotatable bonds is 3. The van der Waals surface area contributed by atoms with E-state index >= 15 is 0 Å². The molecule has 2 aromatic rings. The molecule has 0 saturated heterocycles. The van der Waals surface area contributed by atoms with Gasteiger partial charge in [-0.15, -0.1) is 0 Å². The normalized spacial score (nSPS) is 11.0. The summed E-state index contributed by atoms with van der Waals surface area (Å²) in [6.45, 7) is 7.39. The van der Waals surface area contributed by atoms with E-state index in [9.17, 15) is 9.59 Å². The summed E-state index contributed by atoms with van der Waals surface area (Å²) in [5.41, 5.74) is 0.968. The largest absolute Gasteiger partial charge is 0.359 e. The fourth-order valence-corrected chi connectivity index (χ4v) is 1.84. The van der Waals surface area contributed by atoms with Crippen LogP contribution < -0.4 is 16.0 Å². The molecule has 0 aliphatic carbocycles. The van der Waals surface area contributed by atoms with Gasteiger partial charge in [0.1, 0.15) is 5.76 Å². The Kier molecular flexibility index (Phi) is 4.68. The molecule has 3 amide bonds. The Hall–Kier alpha value is -2.83. The van der Waals surface area contributed by atoms with Crippen molar-refractivity contribution in [2.75, 3.05) is 16.0 Å². The molecule has 0 unspecified atom stereocenters. The molecule has 0 bridgehead atoms. The molecule has 0 spiro atoms. The molecule has 0 radical (unpaired) electrons. The van der Waals surface area contributed by atoms with Crippen LogP contribution in [0, 0.1) is 0 Å². The molecule has 23 heavy (non-hydrogen) atoms. The van der Waals surface area contributed by atoms with E-state index in [-0.39, 0.29) is 11.3 Å². The fourth-order valence-electron chi connectivity index (χ4n) is 1.84. The molecule has 0 fully saturated rings. The van der Waals surface area contributed by atoms with Gasteiger partial charge in [0.05, 0.1) is 0 Å². The minimum Gasteiger partial charge on any atom is -0.359 e. The van der Waals surface area contributed by atoms with Crippen LogP contribution in [-0.4, -0.2) is 17.1 Å². The van der Waals surface area contributed by atoms with E-state index in [0.29, 0.717) is 23.0 Å². The average molecular weight is 316 g/mol. The summed E-state index contributed by atoms with van der Waals surface area (Å²) >= 11 is 0. The molecular formula is C16H20N4O3. The number of anilines is 3. The van der Waals surface area contributed by atoms with E-state index < -0.39 is 6.03 Å². The summed E-state index contributed by atoms with van der Waals surface area (Å²) in [5.74, 6) is 0.842. The number of benzene rings is 1. The van der Waals surface area contributed by atoms with Crippen molar-refractivity contribution in [2.45, 2.75) is 33.1 Å². The van der Waals surface area contributed by atoms with Crippen LogP contribution >= 0.6 is 0 Å². The van der Waals surface area contributed by atoms with Crippen LogP contribution in [0.25, 0.3) is 0 Å². The van der Waals surface area contributed by atoms with Gasteiger partial charge in [-0.05, 0) is 18.2 Å². The highest BCUT2D eigenvalue weighted by Crippen LogP contribution is 2.24. The predicted molar refractivity (Wildman–Crippen MR) is 88.6 cm³/mol. The van der Waals surface area contributed by atoms with Crippen LogP contribution in [0.1, 0.15) is 33.5 Å². The molecule has 1 aromatic carbocycles. The molecule has 0 saturated carbocycles. The number of carbonyl (C=O) groups excluding carboxylic acids is 2. The molecule has 2 rings (SSSR count). The Morgan fingerprint density at radius 2 is 1.70 bits per heavy atom. The maximum Gasteiger partial charge on any atom is 0.324 e. The molecule has 0 aliphatic rings. The van der Waals surface area contributed by atoms with Gasteiger partial charge in [0.2, 0.25) is 5.91 Å². The van der Waals surface area contributed by atoms with E-state index in [2.05, 4.69) is 21.1 Å². The molecule has 7 nitrogen and oxygen atoms in total. The number of hydrogen-bond acceptors (Lipinski definition) is 4. The smallest absolute Gasteiger partial charge is 0.324 e. The van der Waals surface area contributed by atoms with E-state index in [1.54, 1.807) is 30.3 Å². The van der Waals surface area contributed by atoms with Crippen molar-refractivity contribution in [1.82, 2.24) is 5.16 Å². The van der Waals surface area contributed by atoms with Crippen molar-refractivity contribution in [2.24, 2.45) is 0 Å². The lowest BCUT2D eigenvalue weighted by molar-refractivity contribution is -0.114. The summed E-state index contributed by atoms with van der Waals surface area (Å²) in [6, 6.07) is 8.08. The standard InChI is InChI=1S/C16H20N4O3/c1-10(21)17-11-6-5-7-12(8-11)18-15(22)19-14-9-13(23-20-14)16(2,3)4/h5-9H,1-4H3,(H,17,21)(H2,18,19,20,22). The van der Waals surface area contributed by atoms with Gasteiger partial charge < -0.3 is 15.2 Å². The van der Waals surface area contributed by atoms with Gasteiger partial charge in [-0.25, -0.2) is 4.79 Å². The van der Waals surface area contributed by atoms with Crippen molar-refractivity contribution in [3.63, 3.8) is 0 Å². The van der Waals surface area contributed by atoms with Crippen LogP contribution in [-0.2, 0) is 10.2 Å². The third-order valence-electron chi connectivity index (χ3n) is 2.93. The van der Waals surface area contributed by atoms with Gasteiger partial charge >= 0.3 is 6.03 Å². The molecule has 0 atom stereocenters. The highest BCUT2D eigenvalue weighted by Gasteiger charge is 2.20. The topological polar surface area (TPSA) is 96.3 Å². The zero-order valence-electron chi connectivity index (χ0n) is 13.6. The van der Waals surface area contributed by atoms with Crippen molar-refractivity contribution < 1.29 is 14.1 Å². The van der Waals surface area contributed by atoms with E-state index in [4.69, 9.17) is 4.52 Å². The zero-order chi connectivity index (χ0) is 17.0. The quantitative estimate of drug-likeness (QED) is 0.806. The number of aromatic nitrogens is 1. The first kappa shape index (κ1) is 16.5. The highest BCUT2D eigenvalue weighted by molar-refractivity contribution is 5.99. The Morgan fingerprint density at radius 3 is 2.26 bits per heavy atom. The molecule has 1 aromatic heterocycles. The third-order valence-corrected chi connectivity index (χ3v) is 2.93. The lowest BCUT2D eigenvalue weighted by Crippen LogP contribution is -2.19. The number of urea groups is 1. The average Bonchev–Trinajstić information content (AvgIpc) is 2.86. The highest BCUT2D eigenvalue weighted by atomic mass is 16.5. The van der Waals surface area contributed by atoms with Gasteiger partial charge in [-0.1, -0.05) is 32.0 Å². The second kappa shape index (κ2) is 6.51. The first-order valence-electron chi connectivity index (χ1n) is 7.17. The monoisotopic (exact) mass is 316 g/mol. The maximum atomic E-state index is 12.0. The number of carbonyl (C=O) groups is 2. The summed E-state index contributed by atoms with van der Waals surface area (Å²) in [7, 11) is 0. The first-order chi connectivity index (χ1) is 10.7. The Bertz CT molecular complexity index is 716. The van der Waals surface area contributed by atoms with E-state index in [1.165, 1.54) is 6.92 Å². The molecule has 122 valence electrons. The summed E-state index contributed by atoms with van der Waals surface area (Å²) in [4.78, 5) is 23.0. The van der Waals surface area contributed by atoms with Crippen LogP contribution in [0.5, 0.6) is 0 Å². The second-order valence-corrected chi connectivity index (χ2v) is 6.17. The van der Waals surface area contributed by atoms with Gasteiger partial charge in [0.15, 0.2) is 5.82 Å².